The van der Waals surface area contributed by atoms with Crippen LogP contribution in [0.2, 0.25) is 0 Å². The Balaban J connectivity index is 2.05. The fourth-order valence-electron chi connectivity index (χ4n) is 3.00. The van der Waals surface area contributed by atoms with Crippen LogP contribution >= 0.6 is 11.6 Å². The molecule has 0 bridgehead atoms. The highest BCUT2D eigenvalue weighted by atomic mass is 35.5. The van der Waals surface area contributed by atoms with E-state index in [9.17, 15) is 0 Å². The third-order valence-electron chi connectivity index (χ3n) is 4.58. The molecule has 0 radical (unpaired) electrons. The Labute approximate surface area is 127 Å². The fraction of sp³-hybridized carbons (Fsp3) is 0.647. The van der Waals surface area contributed by atoms with Gasteiger partial charge in [-0.2, -0.15) is 0 Å². The number of halogens is 1. The predicted octanol–water partition coefficient (Wildman–Crippen LogP) is 4.28. The van der Waals surface area contributed by atoms with Crippen molar-refractivity contribution in [1.82, 2.24) is 5.32 Å². The molecule has 1 aliphatic carbocycles. The fourth-order valence-corrected chi connectivity index (χ4v) is 3.36. The topological polar surface area (TPSA) is 21.3 Å². The Hall–Kier alpha value is -0.730. The molecule has 20 heavy (non-hydrogen) atoms. The van der Waals surface area contributed by atoms with Crippen molar-refractivity contribution in [2.24, 2.45) is 5.92 Å². The highest BCUT2D eigenvalue weighted by Gasteiger charge is 2.32. The molecule has 0 amide bonds. The molecule has 1 aliphatic rings. The molecule has 0 aliphatic heterocycles. The minimum atomic E-state index is 0.100. The van der Waals surface area contributed by atoms with Crippen LogP contribution in [0, 0.1) is 12.8 Å². The summed E-state index contributed by atoms with van der Waals surface area (Å²) in [4.78, 5) is 0. The molecule has 2 rings (SSSR count). The largest absolute Gasteiger partial charge is 0.496 e. The lowest BCUT2D eigenvalue weighted by Crippen LogP contribution is -2.49. The van der Waals surface area contributed by atoms with E-state index in [4.69, 9.17) is 16.3 Å². The van der Waals surface area contributed by atoms with E-state index in [1.54, 1.807) is 7.11 Å². The molecule has 1 N–H and O–H groups in total. The summed E-state index contributed by atoms with van der Waals surface area (Å²) in [6.07, 6.45) is 4.88. The molecule has 0 atom stereocenters. The molecular weight excluding hydrogens is 270 g/mol. The number of ether oxygens (including phenoxy) is 1. The van der Waals surface area contributed by atoms with Gasteiger partial charge in [0.15, 0.2) is 0 Å². The minimum Gasteiger partial charge on any atom is -0.496 e. The van der Waals surface area contributed by atoms with E-state index < -0.39 is 0 Å². The van der Waals surface area contributed by atoms with Gasteiger partial charge in [0, 0.05) is 23.5 Å². The summed E-state index contributed by atoms with van der Waals surface area (Å²) in [5.41, 5.74) is 2.58. The van der Waals surface area contributed by atoms with E-state index in [0.29, 0.717) is 5.88 Å². The Morgan fingerprint density at radius 1 is 1.35 bits per heavy atom. The number of rotatable bonds is 5. The summed E-state index contributed by atoms with van der Waals surface area (Å²) in [6, 6.07) is 6.32. The lowest BCUT2D eigenvalue weighted by atomic mass is 9.78. The van der Waals surface area contributed by atoms with Crippen molar-refractivity contribution >= 4 is 11.6 Å². The van der Waals surface area contributed by atoms with Gasteiger partial charge < -0.3 is 10.1 Å². The Bertz CT molecular complexity index is 439. The molecule has 2 nitrogen and oxygen atoms in total. The van der Waals surface area contributed by atoms with Gasteiger partial charge in [-0.05, 0) is 44.6 Å². The van der Waals surface area contributed by atoms with Gasteiger partial charge in [0.05, 0.1) is 7.11 Å². The molecular formula is C17H26ClNO. The van der Waals surface area contributed by atoms with Crippen molar-refractivity contribution in [2.75, 3.05) is 13.0 Å². The lowest BCUT2D eigenvalue weighted by molar-refractivity contribution is 0.215. The second kappa shape index (κ2) is 6.82. The number of hydrogen-bond donors (Lipinski definition) is 1. The van der Waals surface area contributed by atoms with E-state index in [2.05, 4.69) is 31.3 Å². The molecule has 3 heteroatoms. The van der Waals surface area contributed by atoms with Crippen molar-refractivity contribution in [3.8, 4) is 5.75 Å². The van der Waals surface area contributed by atoms with Crippen LogP contribution in [0.3, 0.4) is 0 Å². The average Bonchev–Trinajstić information content (AvgIpc) is 2.47. The van der Waals surface area contributed by atoms with Gasteiger partial charge in [-0.3, -0.25) is 0 Å². The first-order valence-corrected chi connectivity index (χ1v) is 8.06. The third-order valence-corrected chi connectivity index (χ3v) is 5.09. The van der Waals surface area contributed by atoms with Gasteiger partial charge in [0.2, 0.25) is 0 Å². The third kappa shape index (κ3) is 3.67. The smallest absolute Gasteiger partial charge is 0.123 e. The maximum Gasteiger partial charge on any atom is 0.123 e. The second-order valence-corrected chi connectivity index (χ2v) is 6.53. The second-order valence-electron chi connectivity index (χ2n) is 6.27. The highest BCUT2D eigenvalue weighted by molar-refractivity contribution is 6.18. The molecule has 0 spiro atoms. The molecule has 0 saturated heterocycles. The Kier molecular flexibility index (Phi) is 5.34. The number of hydrogen-bond acceptors (Lipinski definition) is 2. The van der Waals surface area contributed by atoms with E-state index in [0.717, 1.165) is 18.2 Å². The molecule has 0 aromatic heterocycles. The van der Waals surface area contributed by atoms with Crippen LogP contribution in [0.4, 0.5) is 0 Å². The molecule has 1 aromatic rings. The first kappa shape index (κ1) is 15.7. The monoisotopic (exact) mass is 295 g/mol. The first-order valence-electron chi connectivity index (χ1n) is 7.53. The standard InChI is InChI=1S/C17H26ClNO/c1-13-6-8-17(12-18,9-7-13)19-11-15-10-14(2)4-5-16(15)20-3/h4-5,10,13,19H,6-9,11-12H2,1-3H3. The van der Waals surface area contributed by atoms with Crippen molar-refractivity contribution in [1.29, 1.82) is 0 Å². The van der Waals surface area contributed by atoms with Crippen LogP contribution < -0.4 is 10.1 Å². The molecule has 1 saturated carbocycles. The number of methoxy groups -OCH3 is 1. The first-order chi connectivity index (χ1) is 9.58. The summed E-state index contributed by atoms with van der Waals surface area (Å²) < 4.78 is 5.45. The molecule has 1 fully saturated rings. The van der Waals surface area contributed by atoms with Gasteiger partial charge in [-0.25, -0.2) is 0 Å². The highest BCUT2D eigenvalue weighted by Crippen LogP contribution is 2.33. The zero-order valence-electron chi connectivity index (χ0n) is 12.8. The SMILES string of the molecule is COc1ccc(C)cc1CNC1(CCl)CCC(C)CC1. The zero-order valence-corrected chi connectivity index (χ0v) is 13.6. The van der Waals surface area contributed by atoms with Crippen molar-refractivity contribution in [3.05, 3.63) is 29.3 Å². The van der Waals surface area contributed by atoms with Crippen molar-refractivity contribution in [2.45, 2.75) is 51.6 Å². The van der Waals surface area contributed by atoms with Gasteiger partial charge in [0.25, 0.3) is 0 Å². The van der Waals surface area contributed by atoms with Crippen LogP contribution in [0.5, 0.6) is 5.75 Å². The minimum absolute atomic E-state index is 0.100. The maximum absolute atomic E-state index is 6.26. The predicted molar refractivity (Wildman–Crippen MR) is 85.7 cm³/mol. The summed E-state index contributed by atoms with van der Waals surface area (Å²) in [7, 11) is 1.73. The maximum atomic E-state index is 6.26. The molecule has 1 aromatic carbocycles. The number of benzene rings is 1. The normalized spacial score (nSPS) is 26.5. The number of aryl methyl sites for hydroxylation is 1. The van der Waals surface area contributed by atoms with Gasteiger partial charge in [0.1, 0.15) is 5.75 Å². The molecule has 0 unspecified atom stereocenters. The van der Waals surface area contributed by atoms with Gasteiger partial charge in [-0.1, -0.05) is 24.6 Å². The van der Waals surface area contributed by atoms with Crippen molar-refractivity contribution in [3.63, 3.8) is 0 Å². The lowest BCUT2D eigenvalue weighted by Gasteiger charge is -2.39. The summed E-state index contributed by atoms with van der Waals surface area (Å²) >= 11 is 6.26. The Morgan fingerprint density at radius 2 is 2.05 bits per heavy atom. The van der Waals surface area contributed by atoms with Crippen molar-refractivity contribution < 1.29 is 4.74 Å². The summed E-state index contributed by atoms with van der Waals surface area (Å²) in [5, 5.41) is 3.71. The van der Waals surface area contributed by atoms with Crippen LogP contribution in [0.25, 0.3) is 0 Å². The van der Waals surface area contributed by atoms with Crippen LogP contribution in [-0.4, -0.2) is 18.5 Å². The van der Waals surface area contributed by atoms with E-state index in [1.807, 2.05) is 6.07 Å². The van der Waals surface area contributed by atoms with Gasteiger partial charge >= 0.3 is 0 Å². The van der Waals surface area contributed by atoms with Crippen LogP contribution in [0.15, 0.2) is 18.2 Å². The molecule has 0 heterocycles. The number of nitrogens with one attached hydrogen (secondary N) is 1. The van der Waals surface area contributed by atoms with Gasteiger partial charge in [-0.15, -0.1) is 11.6 Å². The zero-order chi connectivity index (χ0) is 14.6. The van der Waals surface area contributed by atoms with Crippen LogP contribution in [-0.2, 0) is 6.54 Å². The van der Waals surface area contributed by atoms with E-state index in [-0.39, 0.29) is 5.54 Å². The quantitative estimate of drug-likeness (QED) is 0.819. The van der Waals surface area contributed by atoms with E-state index >= 15 is 0 Å². The van der Waals surface area contributed by atoms with E-state index in [1.165, 1.54) is 36.8 Å². The van der Waals surface area contributed by atoms with Crippen LogP contribution in [0.1, 0.15) is 43.7 Å². The summed E-state index contributed by atoms with van der Waals surface area (Å²) in [5.74, 6) is 2.48. The summed E-state index contributed by atoms with van der Waals surface area (Å²) in [6.45, 7) is 5.27. The average molecular weight is 296 g/mol. The number of alkyl halides is 1. The Morgan fingerprint density at radius 3 is 2.65 bits per heavy atom. The molecule has 112 valence electrons.